The minimum Gasteiger partial charge on any atom is -0.321 e. The molecule has 0 aliphatic carbocycles. The third-order valence-corrected chi connectivity index (χ3v) is 3.26. The van der Waals surface area contributed by atoms with Crippen LogP contribution in [-0.2, 0) is 4.79 Å². The summed E-state index contributed by atoms with van der Waals surface area (Å²) < 4.78 is 0. The van der Waals surface area contributed by atoms with Gasteiger partial charge in [-0.05, 0) is 13.8 Å². The molecule has 1 saturated heterocycles. The lowest BCUT2D eigenvalue weighted by Gasteiger charge is -2.20. The molecule has 1 aromatic heterocycles. The summed E-state index contributed by atoms with van der Waals surface area (Å²) in [7, 11) is 0. The molecule has 14 heavy (non-hydrogen) atoms. The lowest BCUT2D eigenvalue weighted by atomic mass is 10.3. The van der Waals surface area contributed by atoms with Gasteiger partial charge in [0.15, 0.2) is 0 Å². The van der Waals surface area contributed by atoms with Gasteiger partial charge < -0.3 is 4.90 Å². The molecule has 0 aromatic carbocycles. The van der Waals surface area contributed by atoms with Crippen LogP contribution in [0, 0.1) is 0 Å². The number of thiazole rings is 1. The van der Waals surface area contributed by atoms with Crippen molar-refractivity contribution in [3.05, 3.63) is 16.6 Å². The molecule has 0 saturated carbocycles. The van der Waals surface area contributed by atoms with Gasteiger partial charge in [0.05, 0.1) is 16.4 Å². The molecule has 5 heteroatoms. The van der Waals surface area contributed by atoms with E-state index in [1.54, 1.807) is 16.8 Å². The summed E-state index contributed by atoms with van der Waals surface area (Å²) in [5.74, 6) is 0.172. The molecule has 1 aliphatic heterocycles. The highest BCUT2D eigenvalue weighted by Gasteiger charge is 2.36. The number of aromatic nitrogens is 1. The summed E-state index contributed by atoms with van der Waals surface area (Å²) >= 11 is 1.58. The number of carbonyl (C=O) groups is 1. The largest absolute Gasteiger partial charge is 0.321 e. The van der Waals surface area contributed by atoms with E-state index in [0.29, 0.717) is 0 Å². The zero-order chi connectivity index (χ0) is 10.1. The Bertz CT molecular complexity index is 325. The number of nitrogens with one attached hydrogen (secondary N) is 1. The zero-order valence-corrected chi connectivity index (χ0v) is 9.04. The van der Waals surface area contributed by atoms with E-state index in [9.17, 15) is 4.79 Å². The zero-order valence-electron chi connectivity index (χ0n) is 8.23. The Kier molecular flexibility index (Phi) is 2.52. The first-order valence-electron chi connectivity index (χ1n) is 4.69. The van der Waals surface area contributed by atoms with E-state index >= 15 is 0 Å². The van der Waals surface area contributed by atoms with Crippen LogP contribution in [-0.4, -0.2) is 28.4 Å². The second-order valence-electron chi connectivity index (χ2n) is 3.32. The van der Waals surface area contributed by atoms with E-state index in [-0.39, 0.29) is 18.1 Å². The summed E-state index contributed by atoms with van der Waals surface area (Å²) in [6, 6.07) is -0.0814. The first kappa shape index (κ1) is 9.61. The number of amides is 1. The van der Waals surface area contributed by atoms with Crippen LogP contribution in [0.3, 0.4) is 0 Å². The maximum absolute atomic E-state index is 11.7. The molecule has 1 aliphatic rings. The van der Waals surface area contributed by atoms with Crippen LogP contribution in [0.15, 0.2) is 11.7 Å². The van der Waals surface area contributed by atoms with Crippen molar-refractivity contribution < 1.29 is 4.79 Å². The van der Waals surface area contributed by atoms with Crippen molar-refractivity contribution in [3.8, 4) is 0 Å². The van der Waals surface area contributed by atoms with Gasteiger partial charge >= 0.3 is 0 Å². The van der Waals surface area contributed by atoms with Gasteiger partial charge in [-0.15, -0.1) is 11.3 Å². The Morgan fingerprint density at radius 3 is 3.07 bits per heavy atom. The number of likely N-dealkylation sites (N-methyl/N-ethyl adjacent to an activating group) is 1. The van der Waals surface area contributed by atoms with Crippen LogP contribution >= 0.6 is 11.3 Å². The summed E-state index contributed by atoms with van der Waals surface area (Å²) in [4.78, 5) is 18.7. The molecule has 0 bridgehead atoms. The van der Waals surface area contributed by atoms with E-state index in [0.717, 1.165) is 11.4 Å². The van der Waals surface area contributed by atoms with E-state index in [1.807, 2.05) is 24.9 Å². The van der Waals surface area contributed by atoms with Crippen molar-refractivity contribution in [1.29, 1.82) is 0 Å². The maximum atomic E-state index is 11.7. The predicted octanol–water partition coefficient (Wildman–Crippen LogP) is 0.982. The second kappa shape index (κ2) is 3.67. The lowest BCUT2D eigenvalue weighted by Crippen LogP contribution is -2.29. The highest BCUT2D eigenvalue weighted by Crippen LogP contribution is 2.26. The monoisotopic (exact) mass is 211 g/mol. The minimum atomic E-state index is -0.0814. The predicted molar refractivity (Wildman–Crippen MR) is 54.8 cm³/mol. The molecular formula is C9H13N3OS. The third-order valence-electron chi connectivity index (χ3n) is 2.43. The van der Waals surface area contributed by atoms with Gasteiger partial charge in [0.25, 0.3) is 0 Å². The van der Waals surface area contributed by atoms with Gasteiger partial charge in [0, 0.05) is 12.7 Å². The van der Waals surface area contributed by atoms with Gasteiger partial charge in [-0.2, -0.15) is 0 Å². The molecular weight excluding hydrogens is 198 g/mol. The van der Waals surface area contributed by atoms with Crippen molar-refractivity contribution in [3.63, 3.8) is 0 Å². The Labute approximate surface area is 86.9 Å². The van der Waals surface area contributed by atoms with Crippen LogP contribution in [0.5, 0.6) is 0 Å². The van der Waals surface area contributed by atoms with Gasteiger partial charge in [0.2, 0.25) is 5.91 Å². The van der Waals surface area contributed by atoms with Crippen LogP contribution in [0.2, 0.25) is 0 Å². The molecule has 2 rings (SSSR count). The SMILES string of the molecule is CCN1C(=O)C(C)NC1c1cncs1. The summed E-state index contributed by atoms with van der Waals surface area (Å²) in [6.07, 6.45) is 1.84. The normalized spacial score (nSPS) is 27.3. The number of hydrogen-bond donors (Lipinski definition) is 1. The fraction of sp³-hybridized carbons (Fsp3) is 0.556. The first-order chi connectivity index (χ1) is 6.74. The first-order valence-corrected chi connectivity index (χ1v) is 5.57. The van der Waals surface area contributed by atoms with Gasteiger partial charge in [0.1, 0.15) is 6.17 Å². The molecule has 2 atom stereocenters. The van der Waals surface area contributed by atoms with Crippen LogP contribution < -0.4 is 5.32 Å². The minimum absolute atomic E-state index is 0.0231. The van der Waals surface area contributed by atoms with Gasteiger partial charge in [-0.25, -0.2) is 0 Å². The molecule has 2 unspecified atom stereocenters. The summed E-state index contributed by atoms with van der Waals surface area (Å²) in [6.45, 7) is 4.62. The maximum Gasteiger partial charge on any atom is 0.241 e. The van der Waals surface area contributed by atoms with E-state index in [1.165, 1.54) is 0 Å². The second-order valence-corrected chi connectivity index (χ2v) is 4.24. The average molecular weight is 211 g/mol. The molecule has 0 spiro atoms. The number of hydrogen-bond acceptors (Lipinski definition) is 4. The average Bonchev–Trinajstić information content (AvgIpc) is 2.76. The molecule has 76 valence electrons. The molecule has 0 radical (unpaired) electrons. The Morgan fingerprint density at radius 2 is 2.50 bits per heavy atom. The van der Waals surface area contributed by atoms with Crippen molar-refractivity contribution in [2.75, 3.05) is 6.54 Å². The fourth-order valence-electron chi connectivity index (χ4n) is 1.71. The van der Waals surface area contributed by atoms with E-state index in [2.05, 4.69) is 10.3 Å². The summed E-state index contributed by atoms with van der Waals surface area (Å²) in [5.41, 5.74) is 1.79. The van der Waals surface area contributed by atoms with Crippen molar-refractivity contribution in [2.24, 2.45) is 0 Å². The van der Waals surface area contributed by atoms with Crippen molar-refractivity contribution in [2.45, 2.75) is 26.1 Å². The van der Waals surface area contributed by atoms with Gasteiger partial charge in [-0.1, -0.05) is 0 Å². The molecule has 1 amide bonds. The Hall–Kier alpha value is -0.940. The lowest BCUT2D eigenvalue weighted by molar-refractivity contribution is -0.129. The number of rotatable bonds is 2. The highest BCUT2D eigenvalue weighted by atomic mass is 32.1. The quantitative estimate of drug-likeness (QED) is 0.793. The molecule has 1 N–H and O–H groups in total. The summed E-state index contributed by atoms with van der Waals surface area (Å²) in [5, 5.41) is 3.25. The molecule has 2 heterocycles. The standard InChI is InChI=1S/C9H13N3OS/c1-3-12-8(7-4-10-5-14-7)11-6(2)9(12)13/h4-6,8,11H,3H2,1-2H3. The van der Waals surface area contributed by atoms with E-state index in [4.69, 9.17) is 0 Å². The van der Waals surface area contributed by atoms with Crippen LogP contribution in [0.1, 0.15) is 24.9 Å². The third kappa shape index (κ3) is 1.42. The molecule has 4 nitrogen and oxygen atoms in total. The Morgan fingerprint density at radius 1 is 1.71 bits per heavy atom. The van der Waals surface area contributed by atoms with Crippen LogP contribution in [0.4, 0.5) is 0 Å². The molecule has 1 fully saturated rings. The van der Waals surface area contributed by atoms with Gasteiger partial charge in [-0.3, -0.25) is 15.1 Å². The fourth-order valence-corrected chi connectivity index (χ4v) is 2.40. The highest BCUT2D eigenvalue weighted by molar-refractivity contribution is 7.09. The Balaban J connectivity index is 2.24. The van der Waals surface area contributed by atoms with Crippen molar-refractivity contribution in [1.82, 2.24) is 15.2 Å². The topological polar surface area (TPSA) is 45.2 Å². The van der Waals surface area contributed by atoms with E-state index < -0.39 is 0 Å². The number of nitrogens with zero attached hydrogens (tertiary/aromatic N) is 2. The number of carbonyl (C=O) groups excluding carboxylic acids is 1. The van der Waals surface area contributed by atoms with Crippen LogP contribution in [0.25, 0.3) is 0 Å². The smallest absolute Gasteiger partial charge is 0.241 e. The molecule has 1 aromatic rings. The van der Waals surface area contributed by atoms with Crippen molar-refractivity contribution >= 4 is 17.2 Å².